The molecule has 0 radical (unpaired) electrons. The van der Waals surface area contributed by atoms with Crippen LogP contribution in [0, 0.1) is 0 Å². The molecule has 0 aliphatic heterocycles. The summed E-state index contributed by atoms with van der Waals surface area (Å²) >= 11 is 1.53. The van der Waals surface area contributed by atoms with Crippen molar-refractivity contribution in [1.82, 2.24) is 29.7 Å². The third-order valence-corrected chi connectivity index (χ3v) is 4.98. The van der Waals surface area contributed by atoms with E-state index in [9.17, 15) is 9.90 Å². The van der Waals surface area contributed by atoms with Crippen molar-refractivity contribution >= 4 is 28.2 Å². The SMILES string of the molecule is CN(C)c1ncc(-c2ccc3nnc(CN(C(=O)O)C(C)(C)C)n3n2)s1. The van der Waals surface area contributed by atoms with Crippen LogP contribution in [-0.2, 0) is 6.54 Å². The second kappa shape index (κ2) is 6.52. The first-order valence-corrected chi connectivity index (χ1v) is 8.84. The van der Waals surface area contributed by atoms with Crippen molar-refractivity contribution in [3.63, 3.8) is 0 Å². The second-order valence-corrected chi connectivity index (χ2v) is 8.05. The molecule has 0 unspecified atom stereocenters. The summed E-state index contributed by atoms with van der Waals surface area (Å²) in [6.07, 6.45) is 0.764. The Labute approximate surface area is 154 Å². The topological polar surface area (TPSA) is 99.8 Å². The van der Waals surface area contributed by atoms with Gasteiger partial charge in [-0.05, 0) is 32.9 Å². The Kier molecular flexibility index (Phi) is 4.53. The van der Waals surface area contributed by atoms with Gasteiger partial charge in [0.15, 0.2) is 16.6 Å². The first-order chi connectivity index (χ1) is 12.2. The van der Waals surface area contributed by atoms with Crippen molar-refractivity contribution in [1.29, 1.82) is 0 Å². The molecular weight excluding hydrogens is 354 g/mol. The Balaban J connectivity index is 1.99. The molecule has 1 N–H and O–H groups in total. The van der Waals surface area contributed by atoms with Gasteiger partial charge in [-0.1, -0.05) is 11.3 Å². The van der Waals surface area contributed by atoms with Crippen LogP contribution in [0.4, 0.5) is 9.93 Å². The molecule has 0 saturated heterocycles. The van der Waals surface area contributed by atoms with Crippen molar-refractivity contribution in [2.24, 2.45) is 0 Å². The molecule has 3 heterocycles. The zero-order valence-electron chi connectivity index (χ0n) is 15.3. The van der Waals surface area contributed by atoms with Crippen LogP contribution < -0.4 is 4.90 Å². The number of nitrogens with zero attached hydrogens (tertiary/aromatic N) is 7. The van der Waals surface area contributed by atoms with Gasteiger partial charge in [0.25, 0.3) is 0 Å². The molecule has 0 fully saturated rings. The van der Waals surface area contributed by atoms with E-state index in [1.54, 1.807) is 10.7 Å². The molecule has 0 bridgehead atoms. The van der Waals surface area contributed by atoms with E-state index in [1.165, 1.54) is 16.2 Å². The lowest BCUT2D eigenvalue weighted by molar-refractivity contribution is 0.0933. The number of aromatic nitrogens is 5. The molecule has 0 saturated carbocycles. The van der Waals surface area contributed by atoms with Crippen LogP contribution in [0.5, 0.6) is 0 Å². The number of hydrogen-bond donors (Lipinski definition) is 1. The number of fused-ring (bicyclic) bond motifs is 1. The fourth-order valence-corrected chi connectivity index (χ4v) is 3.19. The van der Waals surface area contributed by atoms with Crippen molar-refractivity contribution < 1.29 is 9.90 Å². The van der Waals surface area contributed by atoms with Gasteiger partial charge in [0.2, 0.25) is 0 Å². The maximum Gasteiger partial charge on any atom is 0.408 e. The predicted molar refractivity (Wildman–Crippen MR) is 99.5 cm³/mol. The number of hydrogen-bond acceptors (Lipinski definition) is 7. The van der Waals surface area contributed by atoms with Crippen LogP contribution in [-0.4, -0.2) is 60.5 Å². The molecule has 0 atom stereocenters. The first-order valence-electron chi connectivity index (χ1n) is 8.02. The summed E-state index contributed by atoms with van der Waals surface area (Å²) in [4.78, 5) is 20.1. The Morgan fingerprint density at radius 2 is 2.00 bits per heavy atom. The average molecular weight is 375 g/mol. The molecule has 138 valence electrons. The van der Waals surface area contributed by atoms with Crippen LogP contribution in [0.1, 0.15) is 26.6 Å². The van der Waals surface area contributed by atoms with E-state index in [2.05, 4.69) is 20.3 Å². The maximum absolute atomic E-state index is 11.6. The van der Waals surface area contributed by atoms with E-state index in [1.807, 2.05) is 51.9 Å². The van der Waals surface area contributed by atoms with Crippen LogP contribution >= 0.6 is 11.3 Å². The summed E-state index contributed by atoms with van der Waals surface area (Å²) in [5, 5.41) is 23.2. The van der Waals surface area contributed by atoms with E-state index in [0.717, 1.165) is 15.7 Å². The molecule has 0 aromatic carbocycles. The van der Waals surface area contributed by atoms with Gasteiger partial charge in [-0.25, -0.2) is 9.78 Å². The fourth-order valence-electron chi connectivity index (χ4n) is 2.39. The number of anilines is 1. The summed E-state index contributed by atoms with van der Waals surface area (Å²) < 4.78 is 1.59. The van der Waals surface area contributed by atoms with Crippen LogP contribution in [0.3, 0.4) is 0 Å². The minimum Gasteiger partial charge on any atom is -0.465 e. The highest BCUT2D eigenvalue weighted by Crippen LogP contribution is 2.29. The molecule has 26 heavy (non-hydrogen) atoms. The number of carbonyl (C=O) groups is 1. The zero-order chi connectivity index (χ0) is 19.1. The number of rotatable bonds is 4. The Bertz CT molecular complexity index is 942. The lowest BCUT2D eigenvalue weighted by Gasteiger charge is -2.32. The Hall–Kier alpha value is -2.75. The summed E-state index contributed by atoms with van der Waals surface area (Å²) in [6, 6.07) is 3.68. The molecule has 1 amide bonds. The quantitative estimate of drug-likeness (QED) is 0.748. The van der Waals surface area contributed by atoms with Crippen molar-refractivity contribution in [2.75, 3.05) is 19.0 Å². The van der Waals surface area contributed by atoms with E-state index in [-0.39, 0.29) is 6.54 Å². The van der Waals surface area contributed by atoms with E-state index >= 15 is 0 Å². The highest BCUT2D eigenvalue weighted by Gasteiger charge is 2.28. The van der Waals surface area contributed by atoms with Gasteiger partial charge in [0, 0.05) is 25.8 Å². The van der Waals surface area contributed by atoms with Crippen molar-refractivity contribution in [3.05, 3.63) is 24.2 Å². The number of amides is 1. The summed E-state index contributed by atoms with van der Waals surface area (Å²) in [6.45, 7) is 5.61. The van der Waals surface area contributed by atoms with E-state index < -0.39 is 11.6 Å². The zero-order valence-corrected chi connectivity index (χ0v) is 16.1. The van der Waals surface area contributed by atoms with Gasteiger partial charge in [-0.3, -0.25) is 4.90 Å². The largest absolute Gasteiger partial charge is 0.465 e. The normalized spacial score (nSPS) is 11.7. The lowest BCUT2D eigenvalue weighted by Crippen LogP contribution is -2.44. The van der Waals surface area contributed by atoms with Gasteiger partial charge < -0.3 is 10.0 Å². The van der Waals surface area contributed by atoms with Gasteiger partial charge in [0.1, 0.15) is 5.69 Å². The first kappa shape index (κ1) is 18.1. The molecule has 3 aromatic rings. The van der Waals surface area contributed by atoms with Crippen molar-refractivity contribution in [3.8, 4) is 10.6 Å². The third kappa shape index (κ3) is 3.45. The predicted octanol–water partition coefficient (Wildman–Crippen LogP) is 2.59. The smallest absolute Gasteiger partial charge is 0.408 e. The van der Waals surface area contributed by atoms with E-state index in [4.69, 9.17) is 0 Å². The van der Waals surface area contributed by atoms with E-state index in [0.29, 0.717) is 11.5 Å². The minimum atomic E-state index is -1.01. The van der Waals surface area contributed by atoms with Crippen LogP contribution in [0.15, 0.2) is 18.3 Å². The number of carboxylic acid groups (broad SMARTS) is 1. The average Bonchev–Trinajstić information content (AvgIpc) is 3.18. The van der Waals surface area contributed by atoms with Gasteiger partial charge >= 0.3 is 6.09 Å². The van der Waals surface area contributed by atoms with Gasteiger partial charge in [-0.2, -0.15) is 9.61 Å². The number of thiazole rings is 1. The molecular formula is C16H21N7O2S. The molecule has 9 nitrogen and oxygen atoms in total. The third-order valence-electron chi connectivity index (χ3n) is 3.80. The lowest BCUT2D eigenvalue weighted by atomic mass is 10.1. The van der Waals surface area contributed by atoms with Crippen LogP contribution in [0.2, 0.25) is 0 Å². The Morgan fingerprint density at radius 3 is 2.58 bits per heavy atom. The maximum atomic E-state index is 11.6. The molecule has 3 rings (SSSR count). The Morgan fingerprint density at radius 1 is 1.27 bits per heavy atom. The minimum absolute atomic E-state index is 0.0993. The highest BCUT2D eigenvalue weighted by molar-refractivity contribution is 7.18. The summed E-state index contributed by atoms with van der Waals surface area (Å²) in [7, 11) is 3.87. The van der Waals surface area contributed by atoms with Crippen molar-refractivity contribution in [2.45, 2.75) is 32.9 Å². The summed E-state index contributed by atoms with van der Waals surface area (Å²) in [5.74, 6) is 0.469. The molecule has 0 aliphatic rings. The van der Waals surface area contributed by atoms with Gasteiger partial charge in [-0.15, -0.1) is 10.2 Å². The second-order valence-electron chi connectivity index (χ2n) is 7.05. The molecule has 0 spiro atoms. The van der Waals surface area contributed by atoms with Gasteiger partial charge in [0.05, 0.1) is 11.4 Å². The van der Waals surface area contributed by atoms with Crippen LogP contribution in [0.25, 0.3) is 16.2 Å². The molecule has 10 heteroatoms. The fraction of sp³-hybridized carbons (Fsp3) is 0.438. The standard InChI is InChI=1S/C16H21N7O2S/c1-16(2,3)22(15(24)25)9-13-19-18-12-7-6-10(20-23(12)13)11-8-17-14(26-11)21(4)5/h6-8H,9H2,1-5H3,(H,24,25). The summed E-state index contributed by atoms with van der Waals surface area (Å²) in [5.41, 5.74) is 0.746. The highest BCUT2D eigenvalue weighted by atomic mass is 32.1. The molecule has 0 aliphatic carbocycles. The monoisotopic (exact) mass is 375 g/mol. The molecule has 3 aromatic heterocycles.